The molecular formula is C23H20F3N3O2S2. The summed E-state index contributed by atoms with van der Waals surface area (Å²) in [4.78, 5) is 12.0. The van der Waals surface area contributed by atoms with Crippen molar-refractivity contribution in [1.82, 2.24) is 9.99 Å². The van der Waals surface area contributed by atoms with Crippen LogP contribution in [0.4, 0.5) is 13.2 Å². The third kappa shape index (κ3) is 6.14. The van der Waals surface area contributed by atoms with Crippen LogP contribution in [0.25, 0.3) is 5.69 Å². The maximum Gasteiger partial charge on any atom is 0.416 e. The fourth-order valence-corrected chi connectivity index (χ4v) is 6.05. The van der Waals surface area contributed by atoms with E-state index < -0.39 is 17.6 Å². The molecule has 1 aliphatic rings. The van der Waals surface area contributed by atoms with Gasteiger partial charge in [0.2, 0.25) is 0 Å². The third-order valence-corrected chi connectivity index (χ3v) is 7.87. The molecule has 1 saturated heterocycles. The molecule has 2 heterocycles. The second-order valence-electron chi connectivity index (χ2n) is 7.08. The minimum Gasteiger partial charge on any atom is -0.484 e. The van der Waals surface area contributed by atoms with E-state index in [4.69, 9.17) is 4.74 Å². The van der Waals surface area contributed by atoms with Crippen molar-refractivity contribution >= 4 is 35.6 Å². The lowest BCUT2D eigenvalue weighted by molar-refractivity contribution is -0.137. The van der Waals surface area contributed by atoms with Crippen molar-refractivity contribution in [3.05, 3.63) is 83.7 Å². The Kier molecular flexibility index (Phi) is 7.34. The molecule has 1 amide bonds. The number of nitrogens with one attached hydrogen (secondary N) is 1. The lowest BCUT2D eigenvalue weighted by atomic mass is 10.2. The first-order chi connectivity index (χ1) is 15.9. The third-order valence-electron chi connectivity index (χ3n) is 4.76. The van der Waals surface area contributed by atoms with Crippen LogP contribution in [0.3, 0.4) is 0 Å². The van der Waals surface area contributed by atoms with E-state index in [0.29, 0.717) is 21.7 Å². The lowest BCUT2D eigenvalue weighted by Gasteiger charge is -2.11. The Hall–Kier alpha value is -2.85. The van der Waals surface area contributed by atoms with Crippen LogP contribution in [0.2, 0.25) is 0 Å². The van der Waals surface area contributed by atoms with E-state index in [1.54, 1.807) is 29.0 Å². The maximum atomic E-state index is 13.0. The van der Waals surface area contributed by atoms with Crippen molar-refractivity contribution in [1.29, 1.82) is 0 Å². The van der Waals surface area contributed by atoms with Crippen LogP contribution < -0.4 is 10.2 Å². The number of thioether (sulfide) groups is 2. The van der Waals surface area contributed by atoms with Crippen molar-refractivity contribution in [2.75, 3.05) is 18.1 Å². The fraction of sp³-hybridized carbons (Fsp3) is 0.217. The number of hydrogen-bond donors (Lipinski definition) is 1. The quantitative estimate of drug-likeness (QED) is 0.350. The first-order valence-corrected chi connectivity index (χ1v) is 12.1. The number of nitrogens with zero attached hydrogens (tertiary/aromatic N) is 2. The summed E-state index contributed by atoms with van der Waals surface area (Å²) in [5.41, 5.74) is 3.70. The van der Waals surface area contributed by atoms with Crippen molar-refractivity contribution in [2.45, 2.75) is 10.8 Å². The number of amides is 1. The molecular weight excluding hydrogens is 471 g/mol. The summed E-state index contributed by atoms with van der Waals surface area (Å²) in [6.07, 6.45) is -1.45. The molecule has 0 radical (unpaired) electrons. The molecule has 172 valence electrons. The number of carbonyl (C=O) groups is 1. The van der Waals surface area contributed by atoms with Gasteiger partial charge in [-0.2, -0.15) is 18.3 Å². The first-order valence-electron chi connectivity index (χ1n) is 10.0. The number of halogens is 3. The van der Waals surface area contributed by atoms with E-state index in [2.05, 4.69) is 10.5 Å². The molecule has 1 aliphatic heterocycles. The van der Waals surface area contributed by atoms with Crippen LogP contribution in [0.1, 0.15) is 21.4 Å². The number of hydrazone groups is 1. The van der Waals surface area contributed by atoms with Gasteiger partial charge in [-0.15, -0.1) is 23.5 Å². The number of alkyl halides is 3. The summed E-state index contributed by atoms with van der Waals surface area (Å²) in [6.45, 7) is -0.210. The zero-order valence-corrected chi connectivity index (χ0v) is 18.9. The number of benzene rings is 2. The van der Waals surface area contributed by atoms with Crippen molar-refractivity contribution in [2.24, 2.45) is 5.10 Å². The summed E-state index contributed by atoms with van der Waals surface area (Å²) in [6, 6.07) is 16.0. The molecule has 10 heteroatoms. The van der Waals surface area contributed by atoms with Gasteiger partial charge in [-0.25, -0.2) is 5.43 Å². The Balaban J connectivity index is 1.31. The van der Waals surface area contributed by atoms with Gasteiger partial charge >= 0.3 is 6.18 Å². The van der Waals surface area contributed by atoms with Gasteiger partial charge in [-0.05, 0) is 48.0 Å². The Morgan fingerprint density at radius 3 is 2.61 bits per heavy atom. The highest BCUT2D eigenvalue weighted by molar-refractivity contribution is 8.19. The molecule has 3 aromatic rings. The zero-order valence-electron chi connectivity index (χ0n) is 17.3. The van der Waals surface area contributed by atoms with E-state index in [1.165, 1.54) is 17.8 Å². The molecule has 4 rings (SSSR count). The van der Waals surface area contributed by atoms with Crippen molar-refractivity contribution < 1.29 is 22.7 Å². The summed E-state index contributed by atoms with van der Waals surface area (Å²) < 4.78 is 46.5. The molecule has 2 aromatic carbocycles. The van der Waals surface area contributed by atoms with E-state index >= 15 is 0 Å². The molecule has 0 bridgehead atoms. The van der Waals surface area contributed by atoms with Crippen LogP contribution >= 0.6 is 23.5 Å². The average Bonchev–Trinajstić information content (AvgIpc) is 3.50. The van der Waals surface area contributed by atoms with Gasteiger partial charge in [0.05, 0.1) is 22.1 Å². The van der Waals surface area contributed by atoms with Gasteiger partial charge < -0.3 is 9.30 Å². The van der Waals surface area contributed by atoms with Crippen LogP contribution in [0.15, 0.2) is 72.0 Å². The van der Waals surface area contributed by atoms with Crippen molar-refractivity contribution in [3.8, 4) is 11.4 Å². The zero-order chi connectivity index (χ0) is 23.3. The van der Waals surface area contributed by atoms with E-state index in [0.717, 1.165) is 23.6 Å². The van der Waals surface area contributed by atoms with Gasteiger partial charge in [0, 0.05) is 23.4 Å². The Labute approximate surface area is 197 Å². The standard InChI is InChI=1S/C23H20F3N3O2S2/c24-23(25,26)17-3-1-4-18(13-17)29-10-2-5-19(29)14-27-28-21(30)15-31-20-8-6-16(7-9-20)22-32-11-12-33-22/h1-10,13-14,22H,11-12,15H2,(H,28,30)/b27-14-. The molecule has 0 aliphatic carbocycles. The summed E-state index contributed by atoms with van der Waals surface area (Å²) in [5, 5.41) is 3.90. The highest BCUT2D eigenvalue weighted by Gasteiger charge is 2.30. The smallest absolute Gasteiger partial charge is 0.416 e. The molecule has 33 heavy (non-hydrogen) atoms. The fourth-order valence-electron chi connectivity index (χ4n) is 3.19. The predicted molar refractivity (Wildman–Crippen MR) is 126 cm³/mol. The second kappa shape index (κ2) is 10.4. The topological polar surface area (TPSA) is 55.6 Å². The molecule has 0 atom stereocenters. The summed E-state index contributed by atoms with van der Waals surface area (Å²) in [7, 11) is 0. The molecule has 1 fully saturated rings. The number of rotatable bonds is 7. The van der Waals surface area contributed by atoms with Crippen LogP contribution in [-0.2, 0) is 11.0 Å². The highest BCUT2D eigenvalue weighted by atomic mass is 32.2. The van der Waals surface area contributed by atoms with Crippen LogP contribution in [-0.4, -0.2) is 34.8 Å². The summed E-state index contributed by atoms with van der Waals surface area (Å²) in [5.74, 6) is 2.44. The van der Waals surface area contributed by atoms with Gasteiger partial charge in [0.1, 0.15) is 5.75 Å². The largest absolute Gasteiger partial charge is 0.484 e. The predicted octanol–water partition coefficient (Wildman–Crippen LogP) is 5.50. The SMILES string of the molecule is O=C(COc1ccc(C2SCCS2)cc1)N/N=C\c1cccn1-c1cccc(C(F)(F)F)c1. The van der Waals surface area contributed by atoms with Crippen LogP contribution in [0, 0.1) is 0 Å². The van der Waals surface area contributed by atoms with E-state index in [9.17, 15) is 18.0 Å². The summed E-state index contributed by atoms with van der Waals surface area (Å²) >= 11 is 3.84. The second-order valence-corrected chi connectivity index (χ2v) is 9.80. The van der Waals surface area contributed by atoms with Gasteiger partial charge in [0.25, 0.3) is 5.91 Å². The lowest BCUT2D eigenvalue weighted by Crippen LogP contribution is -2.24. The van der Waals surface area contributed by atoms with Gasteiger partial charge in [-0.3, -0.25) is 4.79 Å². The first kappa shape index (κ1) is 23.3. The number of ether oxygens (including phenoxy) is 1. The minimum atomic E-state index is -4.43. The molecule has 1 N–H and O–H groups in total. The molecule has 0 unspecified atom stereocenters. The highest BCUT2D eigenvalue weighted by Crippen LogP contribution is 2.45. The molecule has 5 nitrogen and oxygen atoms in total. The molecule has 1 aromatic heterocycles. The number of hydrogen-bond acceptors (Lipinski definition) is 5. The van der Waals surface area contributed by atoms with Gasteiger partial charge in [0.15, 0.2) is 6.61 Å². The van der Waals surface area contributed by atoms with Crippen molar-refractivity contribution in [3.63, 3.8) is 0 Å². The average molecular weight is 492 g/mol. The monoisotopic (exact) mass is 491 g/mol. The molecule has 0 spiro atoms. The van der Waals surface area contributed by atoms with E-state index in [-0.39, 0.29) is 6.61 Å². The Morgan fingerprint density at radius 2 is 1.88 bits per heavy atom. The van der Waals surface area contributed by atoms with Gasteiger partial charge in [-0.1, -0.05) is 18.2 Å². The molecule has 0 saturated carbocycles. The Morgan fingerprint density at radius 1 is 1.12 bits per heavy atom. The normalized spacial score (nSPS) is 14.6. The van der Waals surface area contributed by atoms with Crippen LogP contribution in [0.5, 0.6) is 5.75 Å². The maximum absolute atomic E-state index is 13.0. The number of carbonyl (C=O) groups excluding carboxylic acids is 1. The minimum absolute atomic E-state index is 0.210. The Bertz CT molecular complexity index is 1120. The number of aromatic nitrogens is 1. The van der Waals surface area contributed by atoms with E-state index in [1.807, 2.05) is 47.8 Å².